The fourth-order valence-corrected chi connectivity index (χ4v) is 0. The third kappa shape index (κ3) is 8.86. The van der Waals surface area contributed by atoms with E-state index >= 15 is 0 Å². The second-order valence-corrected chi connectivity index (χ2v) is 1.80. The first-order chi connectivity index (χ1) is 2.27. The summed E-state index contributed by atoms with van der Waals surface area (Å²) in [6.45, 7) is 4.44. The average molecular weight is 101 g/mol. The number of hydrogen-bond donors (Lipinski definition) is 0. The van der Waals surface area contributed by atoms with Crippen molar-refractivity contribution in [2.75, 3.05) is 0 Å². The van der Waals surface area contributed by atoms with Crippen LogP contribution in [0, 0.1) is 5.92 Å². The summed E-state index contributed by atoms with van der Waals surface area (Å²) in [6, 6.07) is 0. The molecule has 0 unspecified atom stereocenters. The summed E-state index contributed by atoms with van der Waals surface area (Å²) < 4.78 is 0. The first-order valence-electron chi connectivity index (χ1n) is 2.27. The van der Waals surface area contributed by atoms with Crippen molar-refractivity contribution in [1.29, 1.82) is 0 Å². The van der Waals surface area contributed by atoms with Crippen LogP contribution in [0.5, 0.6) is 0 Å². The van der Waals surface area contributed by atoms with Crippen LogP contribution >= 0.6 is 12.4 Å². The summed E-state index contributed by atoms with van der Waals surface area (Å²) in [7, 11) is 0. The molecule has 0 heterocycles. The van der Waals surface area contributed by atoms with Gasteiger partial charge in [0.2, 0.25) is 0 Å². The molecule has 2 heteroatoms. The summed E-state index contributed by atoms with van der Waals surface area (Å²) in [5.41, 5.74) is 0. The van der Waals surface area contributed by atoms with E-state index in [2.05, 4.69) is 31.6 Å². The van der Waals surface area contributed by atoms with Crippen molar-refractivity contribution in [3.05, 3.63) is 0 Å². The van der Waals surface area contributed by atoms with Gasteiger partial charge in [0.05, 0.1) is 0 Å². The number of halogens is 1. The van der Waals surface area contributed by atoms with Gasteiger partial charge in [0.15, 0.2) is 0 Å². The molecule has 0 nitrogen and oxygen atoms in total. The van der Waals surface area contributed by atoms with E-state index in [1.807, 2.05) is 0 Å². The van der Waals surface area contributed by atoms with Gasteiger partial charge in [0.25, 0.3) is 0 Å². The molecule has 0 N–H and O–H groups in total. The third-order valence-corrected chi connectivity index (χ3v) is 0.816. The van der Waals surface area contributed by atoms with Gasteiger partial charge in [-0.25, -0.2) is 0 Å². The van der Waals surface area contributed by atoms with Crippen molar-refractivity contribution >= 4 is 30.1 Å². The Labute approximate surface area is 55.3 Å². The van der Waals surface area contributed by atoms with Crippen molar-refractivity contribution in [3.8, 4) is 0 Å². The molecule has 0 rings (SSSR count). The van der Waals surface area contributed by atoms with E-state index in [0.717, 1.165) is 5.92 Å². The van der Waals surface area contributed by atoms with Crippen LogP contribution in [0.2, 0.25) is 5.09 Å². The molecular weight excluding hydrogens is 90.4 g/mol. The molecular formula is C4H10ClLi. The molecule has 0 spiro atoms. The SMILES string of the molecule is Cl.[Li][CH2]C(C)C. The van der Waals surface area contributed by atoms with Crippen molar-refractivity contribution < 1.29 is 0 Å². The van der Waals surface area contributed by atoms with E-state index in [4.69, 9.17) is 0 Å². The van der Waals surface area contributed by atoms with Gasteiger partial charge in [-0.15, -0.1) is 12.4 Å². The van der Waals surface area contributed by atoms with Crippen molar-refractivity contribution in [2.45, 2.75) is 18.9 Å². The van der Waals surface area contributed by atoms with Gasteiger partial charge in [-0.3, -0.25) is 0 Å². The van der Waals surface area contributed by atoms with Crippen molar-refractivity contribution in [2.24, 2.45) is 5.92 Å². The minimum atomic E-state index is 0. The predicted molar refractivity (Wildman–Crippen MR) is 32.6 cm³/mol. The normalized spacial score (nSPS) is 8.17. The second kappa shape index (κ2) is 5.89. The van der Waals surface area contributed by atoms with Crippen LogP contribution in [0.3, 0.4) is 0 Å². The summed E-state index contributed by atoms with van der Waals surface area (Å²) in [5, 5.41) is 1.31. The molecule has 0 bridgehead atoms. The van der Waals surface area contributed by atoms with Crippen LogP contribution in [0.1, 0.15) is 13.8 Å². The predicted octanol–water partition coefficient (Wildman–Crippen LogP) is 1.65. The van der Waals surface area contributed by atoms with Gasteiger partial charge in [-0.2, -0.15) is 0 Å². The van der Waals surface area contributed by atoms with E-state index < -0.39 is 0 Å². The van der Waals surface area contributed by atoms with Gasteiger partial charge >= 0.3 is 42.6 Å². The molecule has 0 aromatic rings. The summed E-state index contributed by atoms with van der Waals surface area (Å²) >= 11 is 2.20. The Morgan fingerprint density at radius 3 is 1.67 bits per heavy atom. The van der Waals surface area contributed by atoms with Crippen LogP contribution in [-0.2, 0) is 0 Å². The molecule has 0 aromatic carbocycles. The second-order valence-electron chi connectivity index (χ2n) is 1.80. The van der Waals surface area contributed by atoms with Crippen molar-refractivity contribution in [1.82, 2.24) is 0 Å². The molecule has 0 aliphatic heterocycles. The molecule has 0 amide bonds. The Kier molecular flexibility index (Phi) is 9.81. The zero-order chi connectivity index (χ0) is 4.28. The van der Waals surface area contributed by atoms with Gasteiger partial charge in [0.1, 0.15) is 0 Å². The topological polar surface area (TPSA) is 0 Å². The van der Waals surface area contributed by atoms with Gasteiger partial charge in [-0.05, 0) is 0 Å². The molecule has 6 heavy (non-hydrogen) atoms. The molecule has 0 radical (unpaired) electrons. The number of rotatable bonds is 1. The van der Waals surface area contributed by atoms with E-state index in [-0.39, 0.29) is 12.4 Å². The van der Waals surface area contributed by atoms with Gasteiger partial charge in [0, 0.05) is 0 Å². The Morgan fingerprint density at radius 2 is 1.67 bits per heavy atom. The fourth-order valence-electron chi connectivity index (χ4n) is 0. The van der Waals surface area contributed by atoms with E-state index in [0.29, 0.717) is 0 Å². The fraction of sp³-hybridized carbons (Fsp3) is 1.00. The van der Waals surface area contributed by atoms with Gasteiger partial charge < -0.3 is 0 Å². The first-order valence-corrected chi connectivity index (χ1v) is 2.27. The Hall–Kier alpha value is 0.887. The summed E-state index contributed by atoms with van der Waals surface area (Å²) in [4.78, 5) is 0. The zero-order valence-electron chi connectivity index (χ0n) is 4.69. The van der Waals surface area contributed by atoms with Crippen LogP contribution in [0.15, 0.2) is 0 Å². The maximum absolute atomic E-state index is 2.22. The summed E-state index contributed by atoms with van der Waals surface area (Å²) in [5.74, 6) is 0.884. The Bertz CT molecular complexity index is 21.5. The zero-order valence-corrected chi connectivity index (χ0v) is 5.51. The van der Waals surface area contributed by atoms with E-state index in [1.165, 1.54) is 5.09 Å². The Morgan fingerprint density at radius 1 is 1.50 bits per heavy atom. The molecule has 0 saturated carbocycles. The first kappa shape index (κ1) is 9.99. The molecule has 0 atom stereocenters. The molecule has 0 aliphatic carbocycles. The molecule has 0 fully saturated rings. The van der Waals surface area contributed by atoms with E-state index in [9.17, 15) is 0 Å². The minimum absolute atomic E-state index is 0. The van der Waals surface area contributed by atoms with E-state index in [1.54, 1.807) is 0 Å². The monoisotopic (exact) mass is 100 g/mol. The van der Waals surface area contributed by atoms with Crippen LogP contribution in [0.4, 0.5) is 0 Å². The molecule has 0 aromatic heterocycles. The average Bonchev–Trinajstić information content (AvgIpc) is 1.38. The summed E-state index contributed by atoms with van der Waals surface area (Å²) in [6.07, 6.45) is 0. The molecule has 34 valence electrons. The third-order valence-electron chi connectivity index (χ3n) is 0.816. The van der Waals surface area contributed by atoms with Crippen LogP contribution in [-0.4, -0.2) is 17.7 Å². The quantitative estimate of drug-likeness (QED) is 0.440. The molecule has 0 aliphatic rings. The maximum atomic E-state index is 2.22. The number of hydrogen-bond acceptors (Lipinski definition) is 0. The van der Waals surface area contributed by atoms with Crippen LogP contribution < -0.4 is 0 Å². The van der Waals surface area contributed by atoms with Crippen LogP contribution in [0.25, 0.3) is 0 Å². The van der Waals surface area contributed by atoms with Gasteiger partial charge in [-0.1, -0.05) is 0 Å². The van der Waals surface area contributed by atoms with Crippen molar-refractivity contribution in [3.63, 3.8) is 0 Å². The molecule has 0 saturated heterocycles. The standard InChI is InChI=1S/C4H9.ClH.Li/c1-4(2)3;;/h4H,1H2,2-3H3;1H;. The Balaban J connectivity index is 0.